The maximum absolute atomic E-state index is 10.2. The Morgan fingerprint density at radius 1 is 1.60 bits per heavy atom. The van der Waals surface area contributed by atoms with E-state index in [0.717, 1.165) is 15.9 Å². The van der Waals surface area contributed by atoms with E-state index in [2.05, 4.69) is 21.0 Å². The lowest BCUT2D eigenvalue weighted by molar-refractivity contribution is 0.0436. The molecule has 0 aliphatic heterocycles. The Morgan fingerprint density at radius 3 is 2.53 bits per heavy atom. The van der Waals surface area contributed by atoms with Crippen LogP contribution in [0.5, 0.6) is 0 Å². The molecule has 0 saturated heterocycles. The van der Waals surface area contributed by atoms with Gasteiger partial charge in [-0.15, -0.1) is 0 Å². The van der Waals surface area contributed by atoms with Crippen molar-refractivity contribution in [2.24, 2.45) is 12.8 Å². The molecule has 0 aliphatic carbocycles. The highest BCUT2D eigenvalue weighted by Crippen LogP contribution is 2.25. The van der Waals surface area contributed by atoms with Gasteiger partial charge in [-0.2, -0.15) is 5.10 Å². The smallest absolute Gasteiger partial charge is 0.0822 e. The standard InChI is InChI=1S/C10H18BrN3O/c1-4-10(15,6-12)5-8-9(11)7(2)13-14(8)3/h15H,4-6,12H2,1-3H3. The molecule has 0 bridgehead atoms. The molecule has 0 radical (unpaired) electrons. The van der Waals surface area contributed by atoms with E-state index >= 15 is 0 Å². The van der Waals surface area contributed by atoms with Gasteiger partial charge < -0.3 is 10.8 Å². The van der Waals surface area contributed by atoms with Crippen molar-refractivity contribution in [2.45, 2.75) is 32.3 Å². The lowest BCUT2D eigenvalue weighted by atomic mass is 9.95. The van der Waals surface area contributed by atoms with E-state index in [0.29, 0.717) is 12.8 Å². The predicted octanol–water partition coefficient (Wildman–Crippen LogP) is 1.13. The molecule has 1 rings (SSSR count). The summed E-state index contributed by atoms with van der Waals surface area (Å²) < 4.78 is 2.75. The summed E-state index contributed by atoms with van der Waals surface area (Å²) in [5.41, 5.74) is 6.67. The number of rotatable bonds is 4. The van der Waals surface area contributed by atoms with Gasteiger partial charge in [0.25, 0.3) is 0 Å². The third kappa shape index (κ3) is 2.59. The highest BCUT2D eigenvalue weighted by Gasteiger charge is 2.26. The Labute approximate surface area is 98.6 Å². The molecule has 4 nitrogen and oxygen atoms in total. The quantitative estimate of drug-likeness (QED) is 0.866. The zero-order valence-corrected chi connectivity index (χ0v) is 11.0. The number of hydrogen-bond acceptors (Lipinski definition) is 3. The van der Waals surface area contributed by atoms with Crippen LogP contribution in [-0.2, 0) is 13.5 Å². The second kappa shape index (κ2) is 4.63. The van der Waals surface area contributed by atoms with E-state index in [1.165, 1.54) is 0 Å². The summed E-state index contributed by atoms with van der Waals surface area (Å²) in [7, 11) is 1.87. The molecule has 1 unspecified atom stereocenters. The summed E-state index contributed by atoms with van der Waals surface area (Å²) in [5.74, 6) is 0. The van der Waals surface area contributed by atoms with Crippen molar-refractivity contribution in [3.63, 3.8) is 0 Å². The molecule has 86 valence electrons. The Balaban J connectivity index is 2.98. The van der Waals surface area contributed by atoms with Crippen molar-refractivity contribution in [1.82, 2.24) is 9.78 Å². The van der Waals surface area contributed by atoms with E-state index < -0.39 is 5.60 Å². The third-order valence-corrected chi connectivity index (χ3v) is 3.83. The van der Waals surface area contributed by atoms with Gasteiger partial charge in [0, 0.05) is 20.0 Å². The van der Waals surface area contributed by atoms with Gasteiger partial charge in [0.05, 0.1) is 21.5 Å². The van der Waals surface area contributed by atoms with Crippen LogP contribution in [0.3, 0.4) is 0 Å². The number of nitrogens with two attached hydrogens (primary N) is 1. The van der Waals surface area contributed by atoms with E-state index in [-0.39, 0.29) is 6.54 Å². The van der Waals surface area contributed by atoms with Crippen LogP contribution < -0.4 is 5.73 Å². The van der Waals surface area contributed by atoms with Crippen LogP contribution in [0.1, 0.15) is 24.7 Å². The first-order valence-corrected chi connectivity index (χ1v) is 5.83. The Morgan fingerprint density at radius 2 is 2.20 bits per heavy atom. The fraction of sp³-hybridized carbons (Fsp3) is 0.700. The number of aryl methyl sites for hydroxylation is 2. The van der Waals surface area contributed by atoms with Crippen LogP contribution in [0.2, 0.25) is 0 Å². The summed E-state index contributed by atoms with van der Waals surface area (Å²) in [6.07, 6.45) is 1.16. The minimum Gasteiger partial charge on any atom is -0.388 e. The van der Waals surface area contributed by atoms with Crippen LogP contribution in [0.4, 0.5) is 0 Å². The Hall–Kier alpha value is -0.390. The molecule has 0 aromatic carbocycles. The van der Waals surface area contributed by atoms with E-state index in [1.54, 1.807) is 4.68 Å². The number of nitrogens with zero attached hydrogens (tertiary/aromatic N) is 2. The highest BCUT2D eigenvalue weighted by atomic mass is 79.9. The molecule has 1 aromatic heterocycles. The van der Waals surface area contributed by atoms with Gasteiger partial charge in [-0.1, -0.05) is 6.92 Å². The van der Waals surface area contributed by atoms with Crippen molar-refractivity contribution >= 4 is 15.9 Å². The van der Waals surface area contributed by atoms with Crippen LogP contribution in [0.15, 0.2) is 4.47 Å². The summed E-state index contributed by atoms with van der Waals surface area (Å²) in [4.78, 5) is 0. The average Bonchev–Trinajstić information content (AvgIpc) is 2.45. The summed E-state index contributed by atoms with van der Waals surface area (Å²) in [5, 5.41) is 14.4. The second-order valence-corrected chi connectivity index (χ2v) is 4.72. The Bertz CT molecular complexity index is 345. The number of aliphatic hydroxyl groups is 1. The summed E-state index contributed by atoms with van der Waals surface area (Å²) in [6, 6.07) is 0. The van der Waals surface area contributed by atoms with E-state index in [9.17, 15) is 5.11 Å². The van der Waals surface area contributed by atoms with Crippen molar-refractivity contribution in [2.75, 3.05) is 6.54 Å². The van der Waals surface area contributed by atoms with Crippen LogP contribution in [-0.4, -0.2) is 27.0 Å². The Kier molecular flexibility index (Phi) is 3.92. The van der Waals surface area contributed by atoms with Gasteiger partial charge >= 0.3 is 0 Å². The maximum Gasteiger partial charge on any atom is 0.0822 e. The monoisotopic (exact) mass is 275 g/mol. The third-order valence-electron chi connectivity index (χ3n) is 2.80. The molecular weight excluding hydrogens is 258 g/mol. The average molecular weight is 276 g/mol. The van der Waals surface area contributed by atoms with Gasteiger partial charge in [-0.3, -0.25) is 4.68 Å². The van der Waals surface area contributed by atoms with Crippen LogP contribution >= 0.6 is 15.9 Å². The van der Waals surface area contributed by atoms with E-state index in [1.807, 2.05) is 20.9 Å². The fourth-order valence-corrected chi connectivity index (χ4v) is 2.00. The molecule has 0 fully saturated rings. The lowest BCUT2D eigenvalue weighted by Gasteiger charge is -2.24. The largest absolute Gasteiger partial charge is 0.388 e. The predicted molar refractivity (Wildman–Crippen MR) is 63.6 cm³/mol. The second-order valence-electron chi connectivity index (χ2n) is 3.93. The van der Waals surface area contributed by atoms with Gasteiger partial charge in [0.1, 0.15) is 0 Å². The van der Waals surface area contributed by atoms with Gasteiger partial charge in [0.15, 0.2) is 0 Å². The topological polar surface area (TPSA) is 64.1 Å². The van der Waals surface area contributed by atoms with Crippen molar-refractivity contribution in [3.05, 3.63) is 15.9 Å². The lowest BCUT2D eigenvalue weighted by Crippen LogP contribution is -2.39. The van der Waals surface area contributed by atoms with E-state index in [4.69, 9.17) is 5.73 Å². The first kappa shape index (κ1) is 12.7. The van der Waals surface area contributed by atoms with Gasteiger partial charge in [-0.25, -0.2) is 0 Å². The minimum atomic E-state index is -0.831. The van der Waals surface area contributed by atoms with Crippen LogP contribution in [0, 0.1) is 6.92 Å². The van der Waals surface area contributed by atoms with Crippen LogP contribution in [0.25, 0.3) is 0 Å². The van der Waals surface area contributed by atoms with Crippen molar-refractivity contribution in [3.8, 4) is 0 Å². The zero-order chi connectivity index (χ0) is 11.6. The fourth-order valence-electron chi connectivity index (χ4n) is 1.53. The number of hydrogen-bond donors (Lipinski definition) is 2. The molecule has 0 spiro atoms. The van der Waals surface area contributed by atoms with Crippen molar-refractivity contribution in [1.29, 1.82) is 0 Å². The molecule has 5 heteroatoms. The number of aromatic nitrogens is 2. The minimum absolute atomic E-state index is 0.264. The zero-order valence-electron chi connectivity index (χ0n) is 9.42. The normalized spacial score (nSPS) is 15.3. The molecule has 1 heterocycles. The summed E-state index contributed by atoms with van der Waals surface area (Å²) in [6.45, 7) is 4.13. The maximum atomic E-state index is 10.2. The first-order chi connectivity index (χ1) is 6.93. The molecule has 0 aliphatic rings. The highest BCUT2D eigenvalue weighted by molar-refractivity contribution is 9.10. The first-order valence-electron chi connectivity index (χ1n) is 5.04. The molecule has 0 amide bonds. The molecular formula is C10H18BrN3O. The van der Waals surface area contributed by atoms with Gasteiger partial charge in [-0.05, 0) is 29.3 Å². The van der Waals surface area contributed by atoms with Gasteiger partial charge in [0.2, 0.25) is 0 Å². The summed E-state index contributed by atoms with van der Waals surface area (Å²) >= 11 is 3.48. The molecule has 15 heavy (non-hydrogen) atoms. The molecule has 0 saturated carbocycles. The molecule has 3 N–H and O–H groups in total. The van der Waals surface area contributed by atoms with Crippen molar-refractivity contribution < 1.29 is 5.11 Å². The SMILES string of the molecule is CCC(O)(CN)Cc1c(Br)c(C)nn1C. The molecule has 1 atom stereocenters. The molecule has 1 aromatic rings. The number of halogens is 1.